The Kier molecular flexibility index (Phi) is 4.37. The molecule has 1 aromatic carbocycles. The van der Waals surface area contributed by atoms with Crippen molar-refractivity contribution < 1.29 is 14.3 Å². The maximum absolute atomic E-state index is 12.5. The number of hydrogen-bond donors (Lipinski definition) is 2. The zero-order valence-corrected chi connectivity index (χ0v) is 13.8. The van der Waals surface area contributed by atoms with E-state index in [1.54, 1.807) is 30.5 Å². The third kappa shape index (κ3) is 3.65. The van der Waals surface area contributed by atoms with Crippen molar-refractivity contribution in [1.82, 2.24) is 9.97 Å². The number of aromatic nitrogens is 2. The standard InChI is InChI=1S/C18H20N4O3/c23-17(20-13-5-6-15-16(11-13)25-10-9-24-15)14-7-8-19-18(22-14)21-12-3-1-2-4-12/h5-8,11-12H,1-4,9-10H2,(H,20,23)(H,19,21,22). The Labute approximate surface area is 145 Å². The van der Waals surface area contributed by atoms with E-state index in [1.807, 2.05) is 0 Å². The third-order valence-corrected chi connectivity index (χ3v) is 4.38. The van der Waals surface area contributed by atoms with E-state index < -0.39 is 0 Å². The third-order valence-electron chi connectivity index (χ3n) is 4.38. The molecular formula is C18H20N4O3. The highest BCUT2D eigenvalue weighted by molar-refractivity contribution is 6.03. The maximum Gasteiger partial charge on any atom is 0.274 e. The van der Waals surface area contributed by atoms with Gasteiger partial charge in [0.05, 0.1) is 0 Å². The summed E-state index contributed by atoms with van der Waals surface area (Å²) >= 11 is 0. The normalized spacial score (nSPS) is 16.5. The van der Waals surface area contributed by atoms with Crippen molar-refractivity contribution >= 4 is 17.5 Å². The fourth-order valence-electron chi connectivity index (χ4n) is 3.12. The molecule has 2 heterocycles. The van der Waals surface area contributed by atoms with Gasteiger partial charge in [0.1, 0.15) is 18.9 Å². The second kappa shape index (κ2) is 6.96. The SMILES string of the molecule is O=C(Nc1ccc2c(c1)OCCO2)c1ccnc(NC2CCCC2)n1. The highest BCUT2D eigenvalue weighted by Crippen LogP contribution is 2.32. The summed E-state index contributed by atoms with van der Waals surface area (Å²) < 4.78 is 11.0. The molecule has 7 nitrogen and oxygen atoms in total. The van der Waals surface area contributed by atoms with E-state index in [1.165, 1.54) is 12.8 Å². The van der Waals surface area contributed by atoms with Crippen LogP contribution in [0.25, 0.3) is 0 Å². The van der Waals surface area contributed by atoms with Crippen LogP contribution in [0.5, 0.6) is 11.5 Å². The zero-order chi connectivity index (χ0) is 17.1. The number of benzene rings is 1. The number of nitrogens with one attached hydrogen (secondary N) is 2. The molecule has 1 amide bonds. The highest BCUT2D eigenvalue weighted by Gasteiger charge is 2.17. The minimum atomic E-state index is -0.284. The molecule has 1 saturated carbocycles. The number of amides is 1. The first-order valence-electron chi connectivity index (χ1n) is 8.58. The number of rotatable bonds is 4. The zero-order valence-electron chi connectivity index (χ0n) is 13.8. The van der Waals surface area contributed by atoms with Crippen molar-refractivity contribution in [2.45, 2.75) is 31.7 Å². The average Bonchev–Trinajstić information content (AvgIpc) is 3.15. The lowest BCUT2D eigenvalue weighted by molar-refractivity contribution is 0.102. The molecule has 2 N–H and O–H groups in total. The van der Waals surface area contributed by atoms with Crippen LogP contribution in [-0.2, 0) is 0 Å². The van der Waals surface area contributed by atoms with Gasteiger partial charge in [-0.3, -0.25) is 4.79 Å². The lowest BCUT2D eigenvalue weighted by Gasteiger charge is -2.19. The first kappa shape index (κ1) is 15.7. The van der Waals surface area contributed by atoms with Gasteiger partial charge in [-0.25, -0.2) is 9.97 Å². The second-order valence-corrected chi connectivity index (χ2v) is 6.20. The molecule has 7 heteroatoms. The summed E-state index contributed by atoms with van der Waals surface area (Å²) in [6.07, 6.45) is 6.29. The number of anilines is 2. The van der Waals surface area contributed by atoms with Crippen LogP contribution < -0.4 is 20.1 Å². The predicted octanol–water partition coefficient (Wildman–Crippen LogP) is 2.85. The number of fused-ring (bicyclic) bond motifs is 1. The first-order valence-corrected chi connectivity index (χ1v) is 8.58. The van der Waals surface area contributed by atoms with Crippen LogP contribution in [-0.4, -0.2) is 35.1 Å². The topological polar surface area (TPSA) is 85.4 Å². The fraction of sp³-hybridized carbons (Fsp3) is 0.389. The molecule has 130 valence electrons. The molecule has 1 aliphatic heterocycles. The summed E-state index contributed by atoms with van der Waals surface area (Å²) in [6, 6.07) is 7.33. The number of hydrogen-bond acceptors (Lipinski definition) is 6. The van der Waals surface area contributed by atoms with E-state index in [2.05, 4.69) is 20.6 Å². The van der Waals surface area contributed by atoms with Gasteiger partial charge in [0, 0.05) is 24.0 Å². The van der Waals surface area contributed by atoms with Gasteiger partial charge >= 0.3 is 0 Å². The molecule has 0 radical (unpaired) electrons. The van der Waals surface area contributed by atoms with Crippen molar-refractivity contribution in [2.75, 3.05) is 23.8 Å². The minimum Gasteiger partial charge on any atom is -0.486 e. The molecule has 1 aromatic heterocycles. The molecule has 0 saturated heterocycles. The lowest BCUT2D eigenvalue weighted by atomic mass is 10.2. The van der Waals surface area contributed by atoms with Gasteiger partial charge in [0.2, 0.25) is 5.95 Å². The summed E-state index contributed by atoms with van der Waals surface area (Å²) in [7, 11) is 0. The second-order valence-electron chi connectivity index (χ2n) is 6.20. The van der Waals surface area contributed by atoms with Gasteiger partial charge in [-0.1, -0.05) is 12.8 Å². The molecule has 0 atom stereocenters. The smallest absolute Gasteiger partial charge is 0.274 e. The molecule has 2 aliphatic rings. The molecule has 2 aromatic rings. The van der Waals surface area contributed by atoms with Gasteiger partial charge in [0.15, 0.2) is 11.5 Å². The largest absolute Gasteiger partial charge is 0.486 e. The van der Waals surface area contributed by atoms with Gasteiger partial charge < -0.3 is 20.1 Å². The van der Waals surface area contributed by atoms with E-state index in [0.29, 0.717) is 48.1 Å². The van der Waals surface area contributed by atoms with Crippen molar-refractivity contribution in [2.24, 2.45) is 0 Å². The van der Waals surface area contributed by atoms with Gasteiger partial charge in [-0.15, -0.1) is 0 Å². The summed E-state index contributed by atoms with van der Waals surface area (Å²) in [4.78, 5) is 21.0. The molecule has 1 aliphatic carbocycles. The van der Waals surface area contributed by atoms with E-state index in [0.717, 1.165) is 12.8 Å². The first-order chi connectivity index (χ1) is 12.3. The maximum atomic E-state index is 12.5. The Morgan fingerprint density at radius 1 is 1.08 bits per heavy atom. The van der Waals surface area contributed by atoms with E-state index in [9.17, 15) is 4.79 Å². The number of nitrogens with zero attached hydrogens (tertiary/aromatic N) is 2. The Hall–Kier alpha value is -2.83. The number of ether oxygens (including phenoxy) is 2. The predicted molar refractivity (Wildman–Crippen MR) is 93.3 cm³/mol. The van der Waals surface area contributed by atoms with Crippen molar-refractivity contribution in [3.05, 3.63) is 36.2 Å². The van der Waals surface area contributed by atoms with E-state index >= 15 is 0 Å². The van der Waals surface area contributed by atoms with E-state index in [4.69, 9.17) is 9.47 Å². The molecule has 25 heavy (non-hydrogen) atoms. The Balaban J connectivity index is 1.45. The van der Waals surface area contributed by atoms with Gasteiger partial charge in [0.25, 0.3) is 5.91 Å². The molecule has 4 rings (SSSR count). The van der Waals surface area contributed by atoms with Crippen LogP contribution in [0.2, 0.25) is 0 Å². The Morgan fingerprint density at radius 2 is 1.88 bits per heavy atom. The number of carbonyl (C=O) groups excluding carboxylic acids is 1. The summed E-state index contributed by atoms with van der Waals surface area (Å²) in [5.41, 5.74) is 0.962. The van der Waals surface area contributed by atoms with Crippen molar-refractivity contribution in [3.8, 4) is 11.5 Å². The molecule has 0 bridgehead atoms. The van der Waals surface area contributed by atoms with Crippen LogP contribution in [0.1, 0.15) is 36.2 Å². The van der Waals surface area contributed by atoms with Crippen molar-refractivity contribution in [3.63, 3.8) is 0 Å². The lowest BCUT2D eigenvalue weighted by Crippen LogP contribution is -2.19. The number of carbonyl (C=O) groups is 1. The highest BCUT2D eigenvalue weighted by atomic mass is 16.6. The van der Waals surface area contributed by atoms with Crippen LogP contribution in [0, 0.1) is 0 Å². The fourth-order valence-corrected chi connectivity index (χ4v) is 3.12. The quantitative estimate of drug-likeness (QED) is 0.890. The van der Waals surface area contributed by atoms with Crippen LogP contribution in [0.4, 0.5) is 11.6 Å². The van der Waals surface area contributed by atoms with Crippen LogP contribution in [0.15, 0.2) is 30.5 Å². The van der Waals surface area contributed by atoms with Gasteiger partial charge in [-0.2, -0.15) is 0 Å². The Morgan fingerprint density at radius 3 is 2.72 bits per heavy atom. The molecule has 1 fully saturated rings. The van der Waals surface area contributed by atoms with Crippen LogP contribution >= 0.6 is 0 Å². The molecular weight excluding hydrogens is 320 g/mol. The average molecular weight is 340 g/mol. The minimum absolute atomic E-state index is 0.284. The van der Waals surface area contributed by atoms with Gasteiger partial charge in [-0.05, 0) is 31.0 Å². The summed E-state index contributed by atoms with van der Waals surface area (Å²) in [6.45, 7) is 1.04. The monoisotopic (exact) mass is 340 g/mol. The summed E-state index contributed by atoms with van der Waals surface area (Å²) in [5, 5.41) is 6.14. The van der Waals surface area contributed by atoms with Crippen LogP contribution in [0.3, 0.4) is 0 Å². The van der Waals surface area contributed by atoms with Crippen molar-refractivity contribution in [1.29, 1.82) is 0 Å². The Bertz CT molecular complexity index is 775. The summed E-state index contributed by atoms with van der Waals surface area (Å²) in [5.74, 6) is 1.54. The van der Waals surface area contributed by atoms with E-state index in [-0.39, 0.29) is 5.91 Å². The molecule has 0 unspecified atom stereocenters. The molecule has 0 spiro atoms.